The number of ether oxygens (including phenoxy) is 1. The van der Waals surface area contributed by atoms with E-state index in [2.05, 4.69) is 33.0 Å². The Balaban J connectivity index is 1.80. The van der Waals surface area contributed by atoms with E-state index >= 15 is 0 Å². The lowest BCUT2D eigenvalue weighted by atomic mass is 10.0. The average molecular weight is 291 g/mol. The molecule has 1 unspecified atom stereocenters. The van der Waals surface area contributed by atoms with Gasteiger partial charge >= 0.3 is 0 Å². The van der Waals surface area contributed by atoms with Crippen molar-refractivity contribution >= 4 is 0 Å². The van der Waals surface area contributed by atoms with Gasteiger partial charge in [-0.15, -0.1) is 0 Å². The summed E-state index contributed by atoms with van der Waals surface area (Å²) in [5.74, 6) is 0.892. The average Bonchev–Trinajstić information content (AvgIpc) is 2.76. The number of nitrogens with one attached hydrogen (secondary N) is 1. The molecule has 1 aliphatic carbocycles. The van der Waals surface area contributed by atoms with Crippen molar-refractivity contribution in [3.8, 4) is 5.75 Å². The summed E-state index contributed by atoms with van der Waals surface area (Å²) in [6, 6.07) is 6.54. The van der Waals surface area contributed by atoms with E-state index in [1.54, 1.807) is 0 Å². The van der Waals surface area contributed by atoms with Crippen LogP contribution in [0.1, 0.15) is 38.8 Å². The van der Waals surface area contributed by atoms with E-state index in [9.17, 15) is 5.11 Å². The van der Waals surface area contributed by atoms with Crippen LogP contribution < -0.4 is 10.1 Å². The van der Waals surface area contributed by atoms with Gasteiger partial charge < -0.3 is 15.2 Å². The monoisotopic (exact) mass is 291 g/mol. The first-order valence-corrected chi connectivity index (χ1v) is 7.78. The molecular weight excluding hydrogens is 262 g/mol. The molecule has 1 aromatic carbocycles. The molecule has 1 aromatic rings. The molecule has 21 heavy (non-hydrogen) atoms. The number of rotatable bonds is 6. The van der Waals surface area contributed by atoms with Gasteiger partial charge in [0.2, 0.25) is 0 Å². The molecule has 0 saturated heterocycles. The van der Waals surface area contributed by atoms with Gasteiger partial charge in [-0.25, -0.2) is 0 Å². The molecule has 118 valence electrons. The van der Waals surface area contributed by atoms with Crippen molar-refractivity contribution < 1.29 is 9.84 Å². The van der Waals surface area contributed by atoms with E-state index in [-0.39, 0.29) is 0 Å². The third-order valence-corrected chi connectivity index (χ3v) is 5.41. The highest BCUT2D eigenvalue weighted by Gasteiger charge is 2.64. The third kappa shape index (κ3) is 3.09. The highest BCUT2D eigenvalue weighted by molar-refractivity contribution is 5.39. The quantitative estimate of drug-likeness (QED) is 0.846. The van der Waals surface area contributed by atoms with Crippen LogP contribution in [0, 0.1) is 24.7 Å². The molecule has 0 spiro atoms. The molecule has 1 fully saturated rings. The van der Waals surface area contributed by atoms with Gasteiger partial charge in [-0.1, -0.05) is 45.9 Å². The van der Waals surface area contributed by atoms with Crippen molar-refractivity contribution in [1.29, 1.82) is 0 Å². The van der Waals surface area contributed by atoms with Gasteiger partial charge in [-0.2, -0.15) is 0 Å². The van der Waals surface area contributed by atoms with Crippen LogP contribution in [0.5, 0.6) is 5.75 Å². The van der Waals surface area contributed by atoms with Crippen molar-refractivity contribution in [2.24, 2.45) is 10.8 Å². The summed E-state index contributed by atoms with van der Waals surface area (Å²) in [6.07, 6.45) is -0.490. The first-order valence-electron chi connectivity index (χ1n) is 7.78. The number of hydrogen-bond donors (Lipinski definition) is 2. The first kappa shape index (κ1) is 16.3. The summed E-state index contributed by atoms with van der Waals surface area (Å²) in [5.41, 5.74) is 2.81. The van der Waals surface area contributed by atoms with Crippen molar-refractivity contribution in [2.75, 3.05) is 13.2 Å². The highest BCUT2D eigenvalue weighted by atomic mass is 16.5. The Morgan fingerprint density at radius 2 is 1.67 bits per heavy atom. The highest BCUT2D eigenvalue weighted by Crippen LogP contribution is 2.62. The Labute approximate surface area is 128 Å². The second-order valence-corrected chi connectivity index (χ2v) is 7.47. The Morgan fingerprint density at radius 3 is 2.14 bits per heavy atom. The van der Waals surface area contributed by atoms with Crippen LogP contribution in [0.25, 0.3) is 0 Å². The second kappa shape index (κ2) is 5.62. The largest absolute Gasteiger partial charge is 0.490 e. The fourth-order valence-corrected chi connectivity index (χ4v) is 3.23. The van der Waals surface area contributed by atoms with Gasteiger partial charge in [0, 0.05) is 12.6 Å². The van der Waals surface area contributed by atoms with Crippen molar-refractivity contribution in [1.82, 2.24) is 5.32 Å². The van der Waals surface area contributed by atoms with Crippen LogP contribution in [0.15, 0.2) is 18.2 Å². The van der Waals surface area contributed by atoms with E-state index in [4.69, 9.17) is 4.74 Å². The predicted octanol–water partition coefficient (Wildman–Crippen LogP) is 3.07. The minimum atomic E-state index is -0.490. The number of aryl methyl sites for hydroxylation is 2. The fraction of sp³-hybridized carbons (Fsp3) is 0.667. The molecule has 0 aromatic heterocycles. The smallest absolute Gasteiger partial charge is 0.125 e. The van der Waals surface area contributed by atoms with Gasteiger partial charge in [0.05, 0.1) is 0 Å². The number of aliphatic hydroxyl groups is 1. The van der Waals surface area contributed by atoms with Crippen molar-refractivity contribution in [2.45, 2.75) is 53.7 Å². The minimum absolute atomic E-state index is 0.292. The van der Waals surface area contributed by atoms with Gasteiger partial charge in [-0.3, -0.25) is 0 Å². The normalized spacial score (nSPS) is 21.1. The van der Waals surface area contributed by atoms with E-state index in [1.807, 2.05) is 32.0 Å². The maximum atomic E-state index is 10.1. The zero-order valence-electron chi connectivity index (χ0n) is 14.2. The Hall–Kier alpha value is -1.06. The number of para-hydroxylation sites is 1. The zero-order valence-corrected chi connectivity index (χ0v) is 14.2. The Kier molecular flexibility index (Phi) is 4.36. The van der Waals surface area contributed by atoms with Crippen molar-refractivity contribution in [3.05, 3.63) is 29.3 Å². The topological polar surface area (TPSA) is 41.5 Å². The van der Waals surface area contributed by atoms with E-state index in [0.29, 0.717) is 30.0 Å². The summed E-state index contributed by atoms with van der Waals surface area (Å²) in [5, 5.41) is 13.6. The third-order valence-electron chi connectivity index (χ3n) is 5.41. The molecule has 0 aliphatic heterocycles. The summed E-state index contributed by atoms with van der Waals surface area (Å²) in [4.78, 5) is 0. The van der Waals surface area contributed by atoms with Crippen LogP contribution in [0.3, 0.4) is 0 Å². The lowest BCUT2D eigenvalue weighted by Crippen LogP contribution is -2.35. The van der Waals surface area contributed by atoms with E-state index in [0.717, 1.165) is 16.9 Å². The summed E-state index contributed by atoms with van der Waals surface area (Å²) in [6.45, 7) is 14.0. The van der Waals surface area contributed by atoms with Gasteiger partial charge in [0.15, 0.2) is 0 Å². The molecule has 0 amide bonds. The number of aliphatic hydroxyl groups excluding tert-OH is 1. The molecule has 3 heteroatoms. The van der Waals surface area contributed by atoms with E-state index < -0.39 is 6.10 Å². The molecule has 1 atom stereocenters. The lowest BCUT2D eigenvalue weighted by molar-refractivity contribution is 0.104. The Morgan fingerprint density at radius 1 is 1.14 bits per heavy atom. The first-order chi connectivity index (χ1) is 9.68. The minimum Gasteiger partial charge on any atom is -0.490 e. The van der Waals surface area contributed by atoms with Crippen molar-refractivity contribution in [3.63, 3.8) is 0 Å². The molecule has 0 heterocycles. The fourth-order valence-electron chi connectivity index (χ4n) is 3.23. The van der Waals surface area contributed by atoms with E-state index in [1.165, 1.54) is 0 Å². The SMILES string of the molecule is Cc1cccc(C)c1OCC(O)CNC1C(C)(C)C1(C)C. The molecule has 3 nitrogen and oxygen atoms in total. The molecular formula is C18H29NO2. The molecule has 1 saturated carbocycles. The van der Waals surface area contributed by atoms with Gasteiger partial charge in [-0.05, 0) is 35.8 Å². The molecule has 0 bridgehead atoms. The summed E-state index contributed by atoms with van der Waals surface area (Å²) in [7, 11) is 0. The molecule has 2 rings (SSSR count). The lowest BCUT2D eigenvalue weighted by Gasteiger charge is -2.16. The molecule has 0 radical (unpaired) electrons. The van der Waals surface area contributed by atoms with Crippen LogP contribution in [0.4, 0.5) is 0 Å². The predicted molar refractivity (Wildman–Crippen MR) is 86.8 cm³/mol. The summed E-state index contributed by atoms with van der Waals surface area (Å²) >= 11 is 0. The van der Waals surface area contributed by atoms with Gasteiger partial charge in [0.1, 0.15) is 18.5 Å². The Bertz CT molecular complexity index is 474. The van der Waals surface area contributed by atoms with Crippen LogP contribution in [-0.2, 0) is 0 Å². The standard InChI is InChI=1S/C18H29NO2/c1-12-8-7-9-13(2)15(12)21-11-14(20)10-19-16-17(3,4)18(16,5)6/h7-9,14,16,19-20H,10-11H2,1-6H3. The van der Waals surface area contributed by atoms with Gasteiger partial charge in [0.25, 0.3) is 0 Å². The van der Waals surface area contributed by atoms with Crippen LogP contribution >= 0.6 is 0 Å². The number of hydrogen-bond acceptors (Lipinski definition) is 3. The van der Waals surface area contributed by atoms with Crippen LogP contribution in [0.2, 0.25) is 0 Å². The maximum Gasteiger partial charge on any atom is 0.125 e. The maximum absolute atomic E-state index is 10.1. The molecule has 1 aliphatic rings. The number of benzene rings is 1. The van der Waals surface area contributed by atoms with Crippen LogP contribution in [-0.4, -0.2) is 30.4 Å². The molecule has 2 N–H and O–H groups in total. The summed E-state index contributed by atoms with van der Waals surface area (Å²) < 4.78 is 5.80. The zero-order chi connectivity index (χ0) is 15.8. The second-order valence-electron chi connectivity index (χ2n) is 7.47.